The largest absolute Gasteiger partial charge is 0.496 e. The van der Waals surface area contributed by atoms with Gasteiger partial charge in [0.15, 0.2) is 11.5 Å². The van der Waals surface area contributed by atoms with Crippen LogP contribution in [0.5, 0.6) is 17.2 Å². The topological polar surface area (TPSA) is 115 Å². The molecule has 3 aromatic rings. The van der Waals surface area contributed by atoms with Crippen molar-refractivity contribution in [3.05, 3.63) is 70.0 Å². The smallest absolute Gasteiger partial charge is 0.346 e. The molecule has 31 heavy (non-hydrogen) atoms. The van der Waals surface area contributed by atoms with Gasteiger partial charge in [0.2, 0.25) is 0 Å². The Kier molecular flexibility index (Phi) is 6.61. The van der Waals surface area contributed by atoms with E-state index in [1.807, 2.05) is 0 Å². The van der Waals surface area contributed by atoms with Crippen molar-refractivity contribution < 1.29 is 23.4 Å². The third kappa shape index (κ3) is 5.04. The molecule has 0 unspecified atom stereocenters. The summed E-state index contributed by atoms with van der Waals surface area (Å²) in [7, 11) is 4.47. The quantitative estimate of drug-likeness (QED) is 0.443. The van der Waals surface area contributed by atoms with Gasteiger partial charge in [-0.2, -0.15) is 10.1 Å². The van der Waals surface area contributed by atoms with Crippen LogP contribution in [0.3, 0.4) is 0 Å². The Balaban J connectivity index is 1.82. The number of aromatic nitrogens is 2. The minimum Gasteiger partial charge on any atom is -0.496 e. The first-order valence-electron chi connectivity index (χ1n) is 8.96. The fraction of sp³-hybridized carbons (Fsp3) is 0.143. The molecule has 160 valence electrons. The van der Waals surface area contributed by atoms with Gasteiger partial charge < -0.3 is 19.2 Å². The second-order valence-electron chi connectivity index (χ2n) is 6.14. The van der Waals surface area contributed by atoms with E-state index in [2.05, 4.69) is 20.5 Å². The first-order valence-corrected chi connectivity index (χ1v) is 8.96. The van der Waals surface area contributed by atoms with E-state index in [9.17, 15) is 14.0 Å². The fourth-order valence-electron chi connectivity index (χ4n) is 2.72. The van der Waals surface area contributed by atoms with E-state index >= 15 is 0 Å². The summed E-state index contributed by atoms with van der Waals surface area (Å²) < 4.78 is 28.9. The number of carbonyl (C=O) groups excluding carboxylic acids is 1. The van der Waals surface area contributed by atoms with Gasteiger partial charge in [0.1, 0.15) is 17.3 Å². The Bertz CT molecular complexity index is 1180. The monoisotopic (exact) mass is 426 g/mol. The second-order valence-corrected chi connectivity index (χ2v) is 6.14. The SMILES string of the molecule is COc1cc(OC)c(OC)cc1/C=N/NC(=O)c1cc(-c2ccc(F)cc2)nc(=O)[nH]1. The van der Waals surface area contributed by atoms with E-state index in [0.717, 1.165) is 0 Å². The number of amides is 1. The highest BCUT2D eigenvalue weighted by Gasteiger charge is 2.12. The van der Waals surface area contributed by atoms with Crippen molar-refractivity contribution >= 4 is 12.1 Å². The normalized spacial score (nSPS) is 10.7. The number of hydrogen-bond donors (Lipinski definition) is 2. The Morgan fingerprint density at radius 1 is 1.03 bits per heavy atom. The molecule has 0 radical (unpaired) electrons. The number of H-pyrrole nitrogens is 1. The molecule has 0 saturated heterocycles. The lowest BCUT2D eigenvalue weighted by Gasteiger charge is -2.11. The van der Waals surface area contributed by atoms with Crippen molar-refractivity contribution in [2.24, 2.45) is 5.10 Å². The van der Waals surface area contributed by atoms with Crippen molar-refractivity contribution in [2.75, 3.05) is 21.3 Å². The van der Waals surface area contributed by atoms with Crippen LogP contribution >= 0.6 is 0 Å². The zero-order chi connectivity index (χ0) is 22.4. The predicted octanol–water partition coefficient (Wildman–Crippen LogP) is 2.37. The standard InChI is InChI=1S/C21H19FN4O5/c1-29-17-10-19(31-3)18(30-2)8-13(17)11-23-26-20(27)16-9-15(24-21(28)25-16)12-4-6-14(22)7-5-12/h4-11H,1-3H3,(H,26,27)(H,24,25,28)/b23-11+. The maximum absolute atomic E-state index is 13.1. The van der Waals surface area contributed by atoms with Gasteiger partial charge in [0.25, 0.3) is 5.91 Å². The highest BCUT2D eigenvalue weighted by atomic mass is 19.1. The molecule has 0 saturated carbocycles. The van der Waals surface area contributed by atoms with Gasteiger partial charge in [-0.1, -0.05) is 0 Å². The second kappa shape index (κ2) is 9.53. The van der Waals surface area contributed by atoms with E-state index in [1.54, 1.807) is 12.1 Å². The number of aromatic amines is 1. The third-order valence-electron chi connectivity index (χ3n) is 4.23. The maximum Gasteiger partial charge on any atom is 0.346 e. The predicted molar refractivity (Wildman–Crippen MR) is 111 cm³/mol. The molecule has 9 nitrogen and oxygen atoms in total. The van der Waals surface area contributed by atoms with Crippen LogP contribution in [0.25, 0.3) is 11.3 Å². The lowest BCUT2D eigenvalue weighted by atomic mass is 10.1. The number of carbonyl (C=O) groups is 1. The summed E-state index contributed by atoms with van der Waals surface area (Å²) in [5, 5.41) is 3.91. The zero-order valence-electron chi connectivity index (χ0n) is 16.9. The molecule has 10 heteroatoms. The van der Waals surface area contributed by atoms with Gasteiger partial charge in [-0.15, -0.1) is 0 Å². The average Bonchev–Trinajstić information content (AvgIpc) is 2.78. The van der Waals surface area contributed by atoms with E-state index in [-0.39, 0.29) is 11.4 Å². The molecule has 2 aromatic carbocycles. The number of hydrogen-bond acceptors (Lipinski definition) is 7. The molecule has 0 aliphatic carbocycles. The summed E-state index contributed by atoms with van der Waals surface area (Å²) in [6, 6.07) is 10.0. The lowest BCUT2D eigenvalue weighted by molar-refractivity contribution is 0.0949. The van der Waals surface area contributed by atoms with Crippen LogP contribution in [-0.2, 0) is 0 Å². The summed E-state index contributed by atoms with van der Waals surface area (Å²) in [6.45, 7) is 0. The minimum absolute atomic E-state index is 0.0595. The molecule has 2 N–H and O–H groups in total. The summed E-state index contributed by atoms with van der Waals surface area (Å²) in [6.07, 6.45) is 1.36. The van der Waals surface area contributed by atoms with Gasteiger partial charge in [0, 0.05) is 17.2 Å². The van der Waals surface area contributed by atoms with Gasteiger partial charge in [-0.3, -0.25) is 4.79 Å². The molecule has 0 aliphatic rings. The molecule has 3 rings (SSSR count). The van der Waals surface area contributed by atoms with E-state index in [4.69, 9.17) is 14.2 Å². The van der Waals surface area contributed by atoms with E-state index < -0.39 is 17.4 Å². The van der Waals surface area contributed by atoms with Gasteiger partial charge in [-0.05, 0) is 36.4 Å². The molecular weight excluding hydrogens is 407 g/mol. The summed E-state index contributed by atoms with van der Waals surface area (Å²) in [5.74, 6) is 0.290. The molecule has 0 fully saturated rings. The molecule has 1 heterocycles. The van der Waals surface area contributed by atoms with Gasteiger partial charge in [0.05, 0.1) is 33.2 Å². The van der Waals surface area contributed by atoms with Crippen LogP contribution in [0.15, 0.2) is 52.4 Å². The molecule has 0 bridgehead atoms. The van der Waals surface area contributed by atoms with Crippen LogP contribution in [0.1, 0.15) is 16.1 Å². The summed E-state index contributed by atoms with van der Waals surface area (Å²) in [4.78, 5) is 30.5. The number of methoxy groups -OCH3 is 3. The minimum atomic E-state index is -0.725. The third-order valence-corrected chi connectivity index (χ3v) is 4.23. The Labute approximate surface area is 176 Å². The number of nitrogens with one attached hydrogen (secondary N) is 2. The van der Waals surface area contributed by atoms with Crippen molar-refractivity contribution in [2.45, 2.75) is 0 Å². The van der Waals surface area contributed by atoms with Crippen LogP contribution in [0, 0.1) is 5.82 Å². The van der Waals surface area contributed by atoms with Crippen LogP contribution in [0.2, 0.25) is 0 Å². The number of ether oxygens (including phenoxy) is 3. The number of benzene rings is 2. The highest BCUT2D eigenvalue weighted by molar-refractivity contribution is 5.94. The van der Waals surface area contributed by atoms with E-state index in [1.165, 1.54) is 57.9 Å². The van der Waals surface area contributed by atoms with E-state index in [0.29, 0.717) is 28.4 Å². The van der Waals surface area contributed by atoms with Crippen molar-refractivity contribution in [3.63, 3.8) is 0 Å². The van der Waals surface area contributed by atoms with Crippen LogP contribution in [-0.4, -0.2) is 43.4 Å². The Morgan fingerprint density at radius 3 is 2.32 bits per heavy atom. The van der Waals surface area contributed by atoms with Crippen LogP contribution in [0.4, 0.5) is 4.39 Å². The molecule has 1 amide bonds. The van der Waals surface area contributed by atoms with Crippen molar-refractivity contribution in [1.29, 1.82) is 0 Å². The molecule has 0 atom stereocenters. The number of hydrazone groups is 1. The van der Waals surface area contributed by atoms with Crippen molar-refractivity contribution in [3.8, 4) is 28.5 Å². The zero-order valence-corrected chi connectivity index (χ0v) is 16.9. The first-order chi connectivity index (χ1) is 14.9. The van der Waals surface area contributed by atoms with Crippen molar-refractivity contribution in [1.82, 2.24) is 15.4 Å². The van der Waals surface area contributed by atoms with Crippen LogP contribution < -0.4 is 25.3 Å². The molecular formula is C21H19FN4O5. The molecule has 1 aromatic heterocycles. The van der Waals surface area contributed by atoms with Gasteiger partial charge >= 0.3 is 5.69 Å². The molecule has 0 spiro atoms. The highest BCUT2D eigenvalue weighted by Crippen LogP contribution is 2.33. The fourth-order valence-corrected chi connectivity index (χ4v) is 2.72. The summed E-state index contributed by atoms with van der Waals surface area (Å²) >= 11 is 0. The Hall–Kier alpha value is -4.21. The average molecular weight is 426 g/mol. The first kappa shape index (κ1) is 21.5. The van der Waals surface area contributed by atoms with Gasteiger partial charge in [-0.25, -0.2) is 14.6 Å². The molecule has 0 aliphatic heterocycles. The summed E-state index contributed by atoms with van der Waals surface area (Å²) in [5.41, 5.74) is 2.77. The lowest BCUT2D eigenvalue weighted by Crippen LogP contribution is -2.24. The Morgan fingerprint density at radius 2 is 1.68 bits per heavy atom. The number of nitrogens with zero attached hydrogens (tertiary/aromatic N) is 2. The maximum atomic E-state index is 13.1. The number of halogens is 1. The number of rotatable bonds is 7.